The summed E-state index contributed by atoms with van der Waals surface area (Å²) in [6.45, 7) is 3.72. The Hall–Kier alpha value is -3.16. The van der Waals surface area contributed by atoms with Gasteiger partial charge in [0.25, 0.3) is 0 Å². The third-order valence-corrected chi connectivity index (χ3v) is 4.30. The molecule has 2 aromatic rings. The van der Waals surface area contributed by atoms with Crippen molar-refractivity contribution < 1.29 is 14.4 Å². The zero-order valence-corrected chi connectivity index (χ0v) is 14.6. The second kappa shape index (κ2) is 7.81. The van der Waals surface area contributed by atoms with Gasteiger partial charge in [-0.15, -0.1) is 0 Å². The van der Waals surface area contributed by atoms with Gasteiger partial charge in [0.15, 0.2) is 0 Å². The van der Waals surface area contributed by atoms with Gasteiger partial charge in [0.1, 0.15) is 0 Å². The normalized spacial score (nSPS) is 14.2. The number of anilines is 1. The van der Waals surface area contributed by atoms with Gasteiger partial charge in [-0.25, -0.2) is 0 Å². The van der Waals surface area contributed by atoms with Crippen LogP contribution >= 0.6 is 0 Å². The highest BCUT2D eigenvalue weighted by atomic mass is 16.2. The number of amides is 3. The molecule has 8 nitrogen and oxygen atoms in total. The van der Waals surface area contributed by atoms with E-state index in [0.717, 1.165) is 5.56 Å². The van der Waals surface area contributed by atoms with Crippen molar-refractivity contribution in [3.05, 3.63) is 48.3 Å². The van der Waals surface area contributed by atoms with Gasteiger partial charge in [-0.3, -0.25) is 19.1 Å². The Bertz CT molecular complexity index is 795. The number of hydrogen-bond acceptors (Lipinski definition) is 4. The van der Waals surface area contributed by atoms with Crippen LogP contribution in [0.2, 0.25) is 0 Å². The molecule has 1 fully saturated rings. The topological polar surface area (TPSA) is 87.5 Å². The fraction of sp³-hybridized carbons (Fsp3) is 0.333. The Kier molecular flexibility index (Phi) is 5.31. The molecule has 1 aromatic carbocycles. The monoisotopic (exact) mass is 355 g/mol. The molecule has 1 saturated heterocycles. The predicted molar refractivity (Wildman–Crippen MR) is 95.2 cm³/mol. The smallest absolute Gasteiger partial charge is 0.313 e. The highest BCUT2D eigenvalue weighted by Crippen LogP contribution is 2.12. The van der Waals surface area contributed by atoms with Crippen molar-refractivity contribution in [2.24, 2.45) is 0 Å². The molecule has 26 heavy (non-hydrogen) atoms. The summed E-state index contributed by atoms with van der Waals surface area (Å²) in [5.41, 5.74) is 1.53. The first kappa shape index (κ1) is 17.7. The van der Waals surface area contributed by atoms with Crippen molar-refractivity contribution in [1.82, 2.24) is 19.6 Å². The molecule has 2 heterocycles. The van der Waals surface area contributed by atoms with Crippen LogP contribution in [0.25, 0.3) is 0 Å². The summed E-state index contributed by atoms with van der Waals surface area (Å²) < 4.78 is 1.78. The van der Waals surface area contributed by atoms with Gasteiger partial charge in [0, 0.05) is 51.2 Å². The van der Waals surface area contributed by atoms with Crippen LogP contribution in [-0.4, -0.2) is 63.5 Å². The minimum Gasteiger partial charge on any atom is -0.339 e. The van der Waals surface area contributed by atoms with E-state index < -0.39 is 11.8 Å². The maximum Gasteiger partial charge on any atom is 0.313 e. The van der Waals surface area contributed by atoms with Crippen LogP contribution in [0.4, 0.5) is 5.69 Å². The Labute approximate surface area is 151 Å². The molecule has 136 valence electrons. The average molecular weight is 355 g/mol. The molecule has 0 aliphatic carbocycles. The number of nitrogens with zero attached hydrogens (tertiary/aromatic N) is 4. The van der Waals surface area contributed by atoms with Crippen LogP contribution in [0.15, 0.2) is 42.7 Å². The maximum atomic E-state index is 12.3. The van der Waals surface area contributed by atoms with Crippen molar-refractivity contribution >= 4 is 23.4 Å². The predicted octanol–water partition coefficient (Wildman–Crippen LogP) is 0.561. The molecule has 8 heteroatoms. The molecule has 0 spiro atoms. The first-order valence-corrected chi connectivity index (χ1v) is 8.45. The van der Waals surface area contributed by atoms with Crippen LogP contribution in [0.5, 0.6) is 0 Å². The van der Waals surface area contributed by atoms with E-state index in [-0.39, 0.29) is 5.91 Å². The molecule has 0 bridgehead atoms. The molecule has 1 aromatic heterocycles. The summed E-state index contributed by atoms with van der Waals surface area (Å²) in [4.78, 5) is 39.0. The van der Waals surface area contributed by atoms with Gasteiger partial charge >= 0.3 is 11.8 Å². The first-order valence-electron chi connectivity index (χ1n) is 8.45. The summed E-state index contributed by atoms with van der Waals surface area (Å²) in [5, 5.41) is 6.80. The molecule has 1 N–H and O–H groups in total. The average Bonchev–Trinajstić information content (AvgIpc) is 3.14. The van der Waals surface area contributed by atoms with Crippen LogP contribution in [0, 0.1) is 0 Å². The second-order valence-corrected chi connectivity index (χ2v) is 6.16. The van der Waals surface area contributed by atoms with Gasteiger partial charge < -0.3 is 15.1 Å². The summed E-state index contributed by atoms with van der Waals surface area (Å²) in [7, 11) is 0. The zero-order chi connectivity index (χ0) is 18.5. The Morgan fingerprint density at radius 3 is 2.46 bits per heavy atom. The number of benzene rings is 1. The number of piperazine rings is 1. The summed E-state index contributed by atoms with van der Waals surface area (Å²) >= 11 is 0. The zero-order valence-electron chi connectivity index (χ0n) is 14.6. The number of carbonyl (C=O) groups is 3. The molecular weight excluding hydrogens is 334 g/mol. The SMILES string of the molecule is CC(=O)N1CCN(C(=O)C(=O)Nc2cccc(Cn3cccn3)c2)CC1. The van der Waals surface area contributed by atoms with Crippen LogP contribution in [-0.2, 0) is 20.9 Å². The minimum atomic E-state index is -0.669. The van der Waals surface area contributed by atoms with Gasteiger partial charge in [0.2, 0.25) is 5.91 Å². The lowest BCUT2D eigenvalue weighted by molar-refractivity contribution is -0.145. The van der Waals surface area contributed by atoms with Crippen molar-refractivity contribution in [1.29, 1.82) is 0 Å². The fourth-order valence-electron chi connectivity index (χ4n) is 2.88. The molecule has 1 aliphatic heterocycles. The summed E-state index contributed by atoms with van der Waals surface area (Å²) in [6, 6.07) is 9.16. The van der Waals surface area contributed by atoms with E-state index in [9.17, 15) is 14.4 Å². The van der Waals surface area contributed by atoms with Gasteiger partial charge in [-0.05, 0) is 23.8 Å². The maximum absolute atomic E-state index is 12.3. The lowest BCUT2D eigenvalue weighted by Crippen LogP contribution is -2.52. The first-order chi connectivity index (χ1) is 12.5. The standard InChI is InChI=1S/C18H21N5O3/c1-14(24)21-8-10-22(11-9-21)18(26)17(25)20-16-5-2-4-15(12-16)13-23-7-3-6-19-23/h2-7,12H,8-11,13H2,1H3,(H,20,25). The number of nitrogens with one attached hydrogen (secondary N) is 1. The Morgan fingerprint density at radius 2 is 1.81 bits per heavy atom. The molecule has 0 atom stereocenters. The molecule has 3 amide bonds. The molecule has 3 rings (SSSR count). The molecule has 0 radical (unpaired) electrons. The highest BCUT2D eigenvalue weighted by molar-refractivity contribution is 6.39. The number of aromatic nitrogens is 2. The molecule has 0 saturated carbocycles. The van der Waals surface area contributed by atoms with Gasteiger partial charge in [0.05, 0.1) is 6.54 Å². The van der Waals surface area contributed by atoms with E-state index in [2.05, 4.69) is 10.4 Å². The number of hydrogen-bond donors (Lipinski definition) is 1. The minimum absolute atomic E-state index is 0.0180. The lowest BCUT2D eigenvalue weighted by atomic mass is 10.2. The largest absolute Gasteiger partial charge is 0.339 e. The van der Waals surface area contributed by atoms with Crippen molar-refractivity contribution in [3.8, 4) is 0 Å². The Balaban J connectivity index is 1.57. The number of carbonyl (C=O) groups excluding carboxylic acids is 3. The van der Waals surface area contributed by atoms with Crippen LogP contribution in [0.3, 0.4) is 0 Å². The van der Waals surface area contributed by atoms with E-state index in [1.165, 1.54) is 11.8 Å². The molecule has 1 aliphatic rings. The van der Waals surface area contributed by atoms with Crippen LogP contribution in [0.1, 0.15) is 12.5 Å². The fourth-order valence-corrected chi connectivity index (χ4v) is 2.88. The van der Waals surface area contributed by atoms with E-state index in [1.54, 1.807) is 21.8 Å². The molecular formula is C18H21N5O3. The van der Waals surface area contributed by atoms with Crippen molar-refractivity contribution in [2.75, 3.05) is 31.5 Å². The third kappa shape index (κ3) is 4.27. The lowest BCUT2D eigenvalue weighted by Gasteiger charge is -2.33. The van der Waals surface area contributed by atoms with Gasteiger partial charge in [-0.2, -0.15) is 5.10 Å². The van der Waals surface area contributed by atoms with Crippen molar-refractivity contribution in [2.45, 2.75) is 13.5 Å². The van der Waals surface area contributed by atoms with Crippen LogP contribution < -0.4 is 5.32 Å². The Morgan fingerprint density at radius 1 is 1.08 bits per heavy atom. The van der Waals surface area contributed by atoms with E-state index in [0.29, 0.717) is 38.4 Å². The quantitative estimate of drug-likeness (QED) is 0.815. The third-order valence-electron chi connectivity index (χ3n) is 4.30. The molecule has 0 unspecified atom stereocenters. The number of rotatable bonds is 3. The van der Waals surface area contributed by atoms with Gasteiger partial charge in [-0.1, -0.05) is 12.1 Å². The highest BCUT2D eigenvalue weighted by Gasteiger charge is 2.26. The summed E-state index contributed by atoms with van der Waals surface area (Å²) in [5.74, 6) is -1.27. The second-order valence-electron chi connectivity index (χ2n) is 6.16. The van der Waals surface area contributed by atoms with Crippen molar-refractivity contribution in [3.63, 3.8) is 0 Å². The van der Waals surface area contributed by atoms with E-state index in [4.69, 9.17) is 0 Å². The summed E-state index contributed by atoms with van der Waals surface area (Å²) in [6.07, 6.45) is 3.56. The van der Waals surface area contributed by atoms with E-state index >= 15 is 0 Å². The van der Waals surface area contributed by atoms with E-state index in [1.807, 2.05) is 30.5 Å².